The molecular formula is C21H20N2O5. The zero-order chi connectivity index (χ0) is 20.3. The first-order valence-corrected chi connectivity index (χ1v) is 8.79. The average Bonchev–Trinajstić information content (AvgIpc) is 3.09. The third kappa shape index (κ3) is 4.09. The lowest BCUT2D eigenvalue weighted by Gasteiger charge is -2.17. The summed E-state index contributed by atoms with van der Waals surface area (Å²) in [5.74, 6) is -1.39. The van der Waals surface area contributed by atoms with Gasteiger partial charge in [-0.25, -0.2) is 4.79 Å². The van der Waals surface area contributed by atoms with Crippen molar-refractivity contribution in [3.05, 3.63) is 59.7 Å². The Morgan fingerprint density at radius 3 is 2.18 bits per heavy atom. The molecule has 7 nitrogen and oxygen atoms in total. The van der Waals surface area contributed by atoms with E-state index >= 15 is 0 Å². The van der Waals surface area contributed by atoms with Crippen LogP contribution in [0.3, 0.4) is 0 Å². The highest BCUT2D eigenvalue weighted by atomic mass is 16.5. The molecule has 1 N–H and O–H groups in total. The fourth-order valence-electron chi connectivity index (χ4n) is 3.06. The molecule has 0 bridgehead atoms. The van der Waals surface area contributed by atoms with E-state index in [4.69, 9.17) is 0 Å². The molecule has 0 aromatic heterocycles. The van der Waals surface area contributed by atoms with Crippen molar-refractivity contribution in [3.8, 4) is 0 Å². The molecule has 0 aliphatic carbocycles. The maximum atomic E-state index is 12.5. The summed E-state index contributed by atoms with van der Waals surface area (Å²) in [6.45, 7) is 1.73. The number of carbonyl (C=O) groups excluding carboxylic acids is 4. The van der Waals surface area contributed by atoms with Crippen LogP contribution in [0.1, 0.15) is 34.1 Å². The Labute approximate surface area is 162 Å². The molecule has 1 aliphatic rings. The molecule has 0 saturated carbocycles. The van der Waals surface area contributed by atoms with Gasteiger partial charge in [0.25, 0.3) is 0 Å². The molecule has 1 saturated heterocycles. The van der Waals surface area contributed by atoms with E-state index in [9.17, 15) is 19.2 Å². The van der Waals surface area contributed by atoms with Crippen LogP contribution in [0.2, 0.25) is 0 Å². The van der Waals surface area contributed by atoms with E-state index in [1.54, 1.807) is 48.5 Å². The molecule has 1 fully saturated rings. The molecule has 3 rings (SSSR count). The van der Waals surface area contributed by atoms with Crippen molar-refractivity contribution in [2.45, 2.75) is 13.3 Å². The van der Waals surface area contributed by atoms with Crippen LogP contribution in [0.25, 0.3) is 0 Å². The van der Waals surface area contributed by atoms with Gasteiger partial charge in [0.05, 0.1) is 18.6 Å². The van der Waals surface area contributed by atoms with Crippen LogP contribution in [0.4, 0.5) is 11.4 Å². The van der Waals surface area contributed by atoms with Crippen molar-refractivity contribution in [2.24, 2.45) is 5.92 Å². The summed E-state index contributed by atoms with van der Waals surface area (Å²) in [5, 5.41) is 2.78. The number of carbonyl (C=O) groups is 4. The quantitative estimate of drug-likeness (QED) is 0.636. The van der Waals surface area contributed by atoms with Gasteiger partial charge in [0.1, 0.15) is 0 Å². The number of esters is 1. The normalized spacial score (nSPS) is 16.0. The molecule has 1 atom stereocenters. The van der Waals surface area contributed by atoms with Crippen molar-refractivity contribution < 1.29 is 23.9 Å². The van der Waals surface area contributed by atoms with Gasteiger partial charge in [-0.15, -0.1) is 0 Å². The number of Topliss-reactive ketones (excluding diaryl/α,β-unsaturated/α-hetero) is 1. The summed E-state index contributed by atoms with van der Waals surface area (Å²) in [6, 6.07) is 13.1. The Kier molecular flexibility index (Phi) is 5.54. The third-order valence-electron chi connectivity index (χ3n) is 4.65. The molecule has 0 radical (unpaired) electrons. The number of ketones is 1. The lowest BCUT2D eigenvalue weighted by molar-refractivity contribution is -0.122. The van der Waals surface area contributed by atoms with Crippen molar-refractivity contribution in [2.75, 3.05) is 23.9 Å². The molecule has 1 aliphatic heterocycles. The lowest BCUT2D eigenvalue weighted by atomic mass is 10.1. The van der Waals surface area contributed by atoms with Crippen LogP contribution in [-0.4, -0.2) is 37.2 Å². The summed E-state index contributed by atoms with van der Waals surface area (Å²) < 4.78 is 4.66. The predicted molar refractivity (Wildman–Crippen MR) is 103 cm³/mol. The average molecular weight is 380 g/mol. The molecule has 2 amide bonds. The minimum Gasteiger partial charge on any atom is -0.465 e. The van der Waals surface area contributed by atoms with Crippen LogP contribution >= 0.6 is 0 Å². The summed E-state index contributed by atoms with van der Waals surface area (Å²) in [6.07, 6.45) is 0.107. The van der Waals surface area contributed by atoms with Crippen molar-refractivity contribution >= 4 is 34.9 Å². The standard InChI is InChI=1S/C21H20N2O5/c1-13(24)14-3-7-17(8-4-14)22-20(26)16-11-19(25)23(12-16)18-9-5-15(6-10-18)21(27)28-2/h3-10,16H,11-12H2,1-2H3,(H,22,26). The van der Waals surface area contributed by atoms with Gasteiger partial charge < -0.3 is 15.0 Å². The molecule has 7 heteroatoms. The van der Waals surface area contributed by atoms with Crippen LogP contribution < -0.4 is 10.2 Å². The van der Waals surface area contributed by atoms with E-state index < -0.39 is 11.9 Å². The SMILES string of the molecule is COC(=O)c1ccc(N2CC(C(=O)Nc3ccc(C(C)=O)cc3)CC2=O)cc1. The lowest BCUT2D eigenvalue weighted by Crippen LogP contribution is -2.28. The summed E-state index contributed by atoms with van der Waals surface area (Å²) >= 11 is 0. The van der Waals surface area contributed by atoms with Crippen LogP contribution in [0, 0.1) is 5.92 Å². The maximum absolute atomic E-state index is 12.5. The largest absolute Gasteiger partial charge is 0.465 e. The van der Waals surface area contributed by atoms with E-state index in [0.29, 0.717) is 22.5 Å². The Bertz CT molecular complexity index is 919. The molecule has 2 aromatic rings. The van der Waals surface area contributed by atoms with E-state index in [1.807, 2.05) is 0 Å². The highest BCUT2D eigenvalue weighted by Gasteiger charge is 2.35. The third-order valence-corrected chi connectivity index (χ3v) is 4.65. The number of rotatable bonds is 5. The van der Waals surface area contributed by atoms with Gasteiger partial charge in [0, 0.05) is 29.9 Å². The maximum Gasteiger partial charge on any atom is 0.337 e. The molecule has 28 heavy (non-hydrogen) atoms. The minimum absolute atomic E-state index is 0.0480. The smallest absolute Gasteiger partial charge is 0.337 e. The topological polar surface area (TPSA) is 92.8 Å². The number of benzene rings is 2. The highest BCUT2D eigenvalue weighted by Crippen LogP contribution is 2.26. The molecule has 0 spiro atoms. The van der Waals surface area contributed by atoms with Crippen LogP contribution in [0.15, 0.2) is 48.5 Å². The van der Waals surface area contributed by atoms with E-state index in [1.165, 1.54) is 18.9 Å². The zero-order valence-electron chi connectivity index (χ0n) is 15.6. The Morgan fingerprint density at radius 2 is 1.61 bits per heavy atom. The number of nitrogens with zero attached hydrogens (tertiary/aromatic N) is 1. The summed E-state index contributed by atoms with van der Waals surface area (Å²) in [4.78, 5) is 49.2. The van der Waals surface area contributed by atoms with Crippen molar-refractivity contribution in [3.63, 3.8) is 0 Å². The first-order chi connectivity index (χ1) is 13.4. The zero-order valence-corrected chi connectivity index (χ0v) is 15.6. The fraction of sp³-hybridized carbons (Fsp3) is 0.238. The molecular weight excluding hydrogens is 360 g/mol. The van der Waals surface area contributed by atoms with Crippen LogP contribution in [-0.2, 0) is 14.3 Å². The second-order valence-corrected chi connectivity index (χ2v) is 6.57. The number of nitrogens with one attached hydrogen (secondary N) is 1. The Balaban J connectivity index is 1.65. The first-order valence-electron chi connectivity index (χ1n) is 8.79. The summed E-state index contributed by atoms with van der Waals surface area (Å²) in [7, 11) is 1.30. The van der Waals surface area contributed by atoms with Gasteiger partial charge >= 0.3 is 5.97 Å². The van der Waals surface area contributed by atoms with Gasteiger partial charge in [-0.1, -0.05) is 0 Å². The minimum atomic E-state index is -0.486. The number of anilines is 2. The van der Waals surface area contributed by atoms with Crippen LogP contribution in [0.5, 0.6) is 0 Å². The Morgan fingerprint density at radius 1 is 1.00 bits per heavy atom. The second-order valence-electron chi connectivity index (χ2n) is 6.57. The van der Waals surface area contributed by atoms with Crippen molar-refractivity contribution in [1.82, 2.24) is 0 Å². The number of hydrogen-bond donors (Lipinski definition) is 1. The van der Waals surface area contributed by atoms with Crippen molar-refractivity contribution in [1.29, 1.82) is 0 Å². The summed E-state index contributed by atoms with van der Waals surface area (Å²) in [5.41, 5.74) is 2.15. The molecule has 144 valence electrons. The number of hydrogen-bond acceptors (Lipinski definition) is 5. The van der Waals surface area contributed by atoms with Gasteiger partial charge in [-0.3, -0.25) is 14.4 Å². The monoisotopic (exact) mass is 380 g/mol. The second kappa shape index (κ2) is 8.04. The number of methoxy groups -OCH3 is 1. The molecule has 1 unspecified atom stereocenters. The number of ether oxygens (including phenoxy) is 1. The van der Waals surface area contributed by atoms with E-state index in [0.717, 1.165) is 0 Å². The van der Waals surface area contributed by atoms with E-state index in [-0.39, 0.29) is 30.6 Å². The predicted octanol–water partition coefficient (Wildman–Crippen LogP) is 2.67. The van der Waals surface area contributed by atoms with Gasteiger partial charge in [0.2, 0.25) is 11.8 Å². The Hall–Kier alpha value is -3.48. The molecule has 2 aromatic carbocycles. The fourth-order valence-corrected chi connectivity index (χ4v) is 3.06. The van der Waals surface area contributed by atoms with Gasteiger partial charge in [0.15, 0.2) is 5.78 Å². The van der Waals surface area contributed by atoms with Gasteiger partial charge in [-0.05, 0) is 55.5 Å². The van der Waals surface area contributed by atoms with E-state index in [2.05, 4.69) is 10.1 Å². The highest BCUT2D eigenvalue weighted by molar-refractivity contribution is 6.04. The first kappa shape index (κ1) is 19.3. The van der Waals surface area contributed by atoms with Gasteiger partial charge in [-0.2, -0.15) is 0 Å². The molecule has 1 heterocycles. The number of amides is 2.